The van der Waals surface area contributed by atoms with Crippen LogP contribution < -0.4 is 0 Å². The Kier molecular flexibility index (Phi) is 3.31. The minimum Gasteiger partial charge on any atom is -0.505 e. The lowest BCUT2D eigenvalue weighted by Gasteiger charge is -2.07. The van der Waals surface area contributed by atoms with E-state index in [-0.39, 0.29) is 9.37 Å². The van der Waals surface area contributed by atoms with Gasteiger partial charge in [0.15, 0.2) is 11.6 Å². The van der Waals surface area contributed by atoms with Gasteiger partial charge in [-0.15, -0.1) is 0 Å². The fraction of sp³-hybridized carbons (Fsp3) is 0.143. The van der Waals surface area contributed by atoms with Crippen LogP contribution in [0.3, 0.4) is 0 Å². The molecule has 0 aliphatic heterocycles. The van der Waals surface area contributed by atoms with Crippen LogP contribution in [0.1, 0.15) is 0 Å². The largest absolute Gasteiger partial charge is 0.505 e. The second kappa shape index (κ2) is 3.98. The van der Waals surface area contributed by atoms with Gasteiger partial charge in [-0.1, -0.05) is 0 Å². The molecule has 1 nitrogen and oxygen atoms in total. The van der Waals surface area contributed by atoms with Crippen LogP contribution in [0.15, 0.2) is 21.5 Å². The third-order valence-electron chi connectivity index (χ3n) is 1.23. The van der Waals surface area contributed by atoms with Gasteiger partial charge in [0, 0.05) is 9.37 Å². The van der Waals surface area contributed by atoms with Gasteiger partial charge >= 0.3 is 5.51 Å². The van der Waals surface area contributed by atoms with E-state index in [9.17, 15) is 17.6 Å². The molecule has 0 saturated heterocycles. The van der Waals surface area contributed by atoms with E-state index < -0.39 is 28.8 Å². The number of aromatic hydroxyl groups is 1. The Bertz CT molecular complexity index is 352. The van der Waals surface area contributed by atoms with E-state index in [1.165, 1.54) is 0 Å². The Morgan fingerprint density at radius 3 is 2.36 bits per heavy atom. The topological polar surface area (TPSA) is 20.2 Å². The molecule has 1 rings (SSSR count). The summed E-state index contributed by atoms with van der Waals surface area (Å²) in [6.07, 6.45) is 0. The molecule has 0 heterocycles. The van der Waals surface area contributed by atoms with Crippen molar-refractivity contribution in [3.63, 3.8) is 0 Å². The van der Waals surface area contributed by atoms with E-state index in [1.54, 1.807) is 0 Å². The molecule has 0 unspecified atom stereocenters. The fourth-order valence-corrected chi connectivity index (χ4v) is 1.86. The standard InChI is InChI=1S/C7H3BrF4OS/c8-3-1-5(13)4(9)2-6(3)14-7(10,11)12/h1-2,13H. The van der Waals surface area contributed by atoms with Crippen LogP contribution in [-0.4, -0.2) is 10.6 Å². The number of phenolic OH excluding ortho intramolecular Hbond substituents is 1. The van der Waals surface area contributed by atoms with Crippen molar-refractivity contribution in [1.29, 1.82) is 0 Å². The summed E-state index contributed by atoms with van der Waals surface area (Å²) in [5, 5.41) is 8.83. The average molecular weight is 291 g/mol. The number of thioether (sulfide) groups is 1. The summed E-state index contributed by atoms with van der Waals surface area (Å²) in [5.74, 6) is -1.77. The van der Waals surface area contributed by atoms with Gasteiger partial charge in [-0.05, 0) is 39.8 Å². The van der Waals surface area contributed by atoms with Crippen molar-refractivity contribution in [1.82, 2.24) is 0 Å². The zero-order chi connectivity index (χ0) is 10.9. The number of rotatable bonds is 1. The maximum atomic E-state index is 12.7. The van der Waals surface area contributed by atoms with Gasteiger partial charge in [-0.3, -0.25) is 0 Å². The fourth-order valence-electron chi connectivity index (χ4n) is 0.721. The van der Waals surface area contributed by atoms with Crippen LogP contribution >= 0.6 is 27.7 Å². The number of halogens is 5. The normalized spacial score (nSPS) is 11.8. The zero-order valence-corrected chi connectivity index (χ0v) is 8.80. The van der Waals surface area contributed by atoms with Crippen molar-refractivity contribution < 1.29 is 22.7 Å². The van der Waals surface area contributed by atoms with Crippen LogP contribution in [0.5, 0.6) is 5.75 Å². The minimum absolute atomic E-state index is 0.00118. The van der Waals surface area contributed by atoms with Crippen LogP contribution in [0, 0.1) is 5.82 Å². The summed E-state index contributed by atoms with van der Waals surface area (Å²) in [6, 6.07) is 1.50. The molecule has 0 fully saturated rings. The van der Waals surface area contributed by atoms with Crippen LogP contribution in [0.2, 0.25) is 0 Å². The Morgan fingerprint density at radius 1 is 1.29 bits per heavy atom. The number of benzene rings is 1. The molecule has 0 spiro atoms. The van der Waals surface area contributed by atoms with Gasteiger partial charge in [-0.2, -0.15) is 13.2 Å². The van der Waals surface area contributed by atoms with Gasteiger partial charge in [0.2, 0.25) is 0 Å². The maximum absolute atomic E-state index is 12.7. The first-order valence-electron chi connectivity index (χ1n) is 3.23. The highest BCUT2D eigenvalue weighted by atomic mass is 79.9. The van der Waals surface area contributed by atoms with Crippen molar-refractivity contribution >= 4 is 27.7 Å². The lowest BCUT2D eigenvalue weighted by molar-refractivity contribution is -0.0328. The van der Waals surface area contributed by atoms with Crippen molar-refractivity contribution in [2.24, 2.45) is 0 Å². The highest BCUT2D eigenvalue weighted by molar-refractivity contribution is 9.10. The lowest BCUT2D eigenvalue weighted by Crippen LogP contribution is -1.99. The second-order valence-electron chi connectivity index (χ2n) is 2.28. The van der Waals surface area contributed by atoms with Crippen molar-refractivity contribution in [3.8, 4) is 5.75 Å². The summed E-state index contributed by atoms with van der Waals surface area (Å²) in [7, 11) is 0. The van der Waals surface area contributed by atoms with E-state index in [0.717, 1.165) is 6.07 Å². The second-order valence-corrected chi connectivity index (χ2v) is 4.24. The molecule has 1 aromatic rings. The van der Waals surface area contributed by atoms with Crippen molar-refractivity contribution in [2.45, 2.75) is 10.4 Å². The van der Waals surface area contributed by atoms with Crippen LogP contribution in [0.4, 0.5) is 17.6 Å². The first-order chi connectivity index (χ1) is 6.29. The van der Waals surface area contributed by atoms with Crippen molar-refractivity contribution in [3.05, 3.63) is 22.4 Å². The molecule has 7 heteroatoms. The van der Waals surface area contributed by atoms with E-state index in [2.05, 4.69) is 15.9 Å². The van der Waals surface area contributed by atoms with Gasteiger partial charge in [0.25, 0.3) is 0 Å². The smallest absolute Gasteiger partial charge is 0.446 e. The Balaban J connectivity index is 3.04. The summed E-state index contributed by atoms with van der Waals surface area (Å²) in [6.45, 7) is 0. The maximum Gasteiger partial charge on any atom is 0.446 e. The van der Waals surface area contributed by atoms with Gasteiger partial charge in [-0.25, -0.2) is 4.39 Å². The molecule has 0 atom stereocenters. The first kappa shape index (κ1) is 11.6. The van der Waals surface area contributed by atoms with E-state index in [4.69, 9.17) is 5.11 Å². The lowest BCUT2D eigenvalue weighted by atomic mass is 10.3. The first-order valence-corrected chi connectivity index (χ1v) is 4.84. The highest BCUT2D eigenvalue weighted by Gasteiger charge is 2.30. The monoisotopic (exact) mass is 290 g/mol. The minimum atomic E-state index is -4.48. The van der Waals surface area contributed by atoms with Crippen LogP contribution in [0.25, 0.3) is 0 Å². The number of phenols is 1. The third-order valence-corrected chi connectivity index (χ3v) is 2.93. The summed E-state index contributed by atoms with van der Waals surface area (Å²) in [5.41, 5.74) is -4.48. The SMILES string of the molecule is Oc1cc(Br)c(SC(F)(F)F)cc1F. The predicted molar refractivity (Wildman–Crippen MR) is 47.7 cm³/mol. The molecule has 0 radical (unpaired) electrons. The predicted octanol–water partition coefficient (Wildman–Crippen LogP) is 3.91. The molecule has 0 bridgehead atoms. The van der Waals surface area contributed by atoms with E-state index >= 15 is 0 Å². The molecule has 78 valence electrons. The molecule has 1 aromatic carbocycles. The van der Waals surface area contributed by atoms with E-state index in [0.29, 0.717) is 6.07 Å². The quantitative estimate of drug-likeness (QED) is 0.625. The molecule has 0 aliphatic carbocycles. The molecule has 0 amide bonds. The van der Waals surface area contributed by atoms with Gasteiger partial charge in [0.1, 0.15) is 0 Å². The van der Waals surface area contributed by atoms with Crippen LogP contribution in [-0.2, 0) is 0 Å². The molecule has 0 saturated carbocycles. The Hall–Kier alpha value is -0.430. The van der Waals surface area contributed by atoms with Crippen molar-refractivity contribution in [2.75, 3.05) is 0 Å². The highest BCUT2D eigenvalue weighted by Crippen LogP contribution is 2.41. The number of hydrogen-bond acceptors (Lipinski definition) is 2. The molecule has 14 heavy (non-hydrogen) atoms. The summed E-state index contributed by atoms with van der Waals surface area (Å²) < 4.78 is 48.4. The molecule has 0 aromatic heterocycles. The Labute approximate surface area is 89.2 Å². The zero-order valence-electron chi connectivity index (χ0n) is 6.40. The third kappa shape index (κ3) is 3.06. The molecule has 0 aliphatic rings. The summed E-state index contributed by atoms with van der Waals surface area (Å²) in [4.78, 5) is -0.326. The van der Waals surface area contributed by atoms with Gasteiger partial charge < -0.3 is 5.11 Å². The average Bonchev–Trinajstić information content (AvgIpc) is 1.97. The molecular formula is C7H3BrF4OS. The number of alkyl halides is 3. The number of hydrogen-bond donors (Lipinski definition) is 1. The van der Waals surface area contributed by atoms with Gasteiger partial charge in [0.05, 0.1) is 0 Å². The summed E-state index contributed by atoms with van der Waals surface area (Å²) >= 11 is 2.34. The van der Waals surface area contributed by atoms with E-state index in [1.807, 2.05) is 0 Å². The Morgan fingerprint density at radius 2 is 1.86 bits per heavy atom. The molecular weight excluding hydrogens is 288 g/mol. The molecule has 1 N–H and O–H groups in total.